The van der Waals surface area contributed by atoms with E-state index in [0.29, 0.717) is 42.0 Å². The standard InChI is InChI=1S/C27H34F2N3O5P/c1-5-18-16-21(37-15-7-14-27(28,29)38)12-13-23(18)31-26(34)24(25(30-17-33)32-36-4)22(6-2)19-8-10-20(35-3)11-9-19/h8-13,16-17H,5-7,14-15,38H2,1-4H3,(H,31,34)(H,30,32,33)/b24-22+. The van der Waals surface area contributed by atoms with Crippen molar-refractivity contribution >= 4 is 38.7 Å². The fourth-order valence-electron chi connectivity index (χ4n) is 3.75. The van der Waals surface area contributed by atoms with E-state index in [-0.39, 0.29) is 30.9 Å². The van der Waals surface area contributed by atoms with Gasteiger partial charge in [0.25, 0.3) is 11.6 Å². The lowest BCUT2D eigenvalue weighted by Gasteiger charge is -2.18. The lowest BCUT2D eigenvalue weighted by atomic mass is 9.95. The number of amidine groups is 1. The molecule has 2 rings (SSSR count). The zero-order valence-corrected chi connectivity index (χ0v) is 23.1. The first-order chi connectivity index (χ1) is 18.2. The zero-order chi connectivity index (χ0) is 28.1. The zero-order valence-electron chi connectivity index (χ0n) is 22.0. The highest BCUT2D eigenvalue weighted by atomic mass is 31.0. The van der Waals surface area contributed by atoms with Gasteiger partial charge in [0.15, 0.2) is 5.84 Å². The molecule has 0 saturated carbocycles. The van der Waals surface area contributed by atoms with Crippen molar-refractivity contribution in [3.05, 3.63) is 59.2 Å². The number of carbonyl (C=O) groups excluding carboxylic acids is 2. The fourth-order valence-corrected chi connectivity index (χ4v) is 3.96. The van der Waals surface area contributed by atoms with Crippen LogP contribution in [0.15, 0.2) is 53.2 Å². The number of carbonyl (C=O) groups is 2. The summed E-state index contributed by atoms with van der Waals surface area (Å²) in [5, 5.41) is 9.25. The van der Waals surface area contributed by atoms with Crippen LogP contribution in [0, 0.1) is 0 Å². The van der Waals surface area contributed by atoms with E-state index in [4.69, 9.17) is 14.3 Å². The van der Waals surface area contributed by atoms with Crippen LogP contribution in [0.3, 0.4) is 0 Å². The number of methoxy groups -OCH3 is 1. The van der Waals surface area contributed by atoms with Gasteiger partial charge in [0.1, 0.15) is 18.6 Å². The number of allylic oxidation sites excluding steroid dienone is 1. The molecule has 2 amide bonds. The molecule has 2 aromatic rings. The molecule has 2 aromatic carbocycles. The molecule has 0 aliphatic rings. The van der Waals surface area contributed by atoms with Gasteiger partial charge >= 0.3 is 0 Å². The van der Waals surface area contributed by atoms with Gasteiger partial charge in [-0.2, -0.15) is 0 Å². The molecule has 1 unspecified atom stereocenters. The summed E-state index contributed by atoms with van der Waals surface area (Å²) in [6.07, 6.45) is 1.33. The van der Waals surface area contributed by atoms with Gasteiger partial charge in [0, 0.05) is 12.1 Å². The Kier molecular flexibility index (Phi) is 12.1. The van der Waals surface area contributed by atoms with Crippen LogP contribution < -0.4 is 20.1 Å². The Bertz CT molecular complexity index is 1150. The van der Waals surface area contributed by atoms with Crippen molar-refractivity contribution in [2.75, 3.05) is 26.1 Å². The highest BCUT2D eigenvalue weighted by Gasteiger charge is 2.24. The molecule has 0 heterocycles. The second kappa shape index (κ2) is 15.0. The monoisotopic (exact) mass is 549 g/mol. The van der Waals surface area contributed by atoms with Gasteiger partial charge in [-0.1, -0.05) is 40.4 Å². The number of ether oxygens (including phenoxy) is 2. The van der Waals surface area contributed by atoms with Gasteiger partial charge in [-0.25, -0.2) is 8.78 Å². The molecule has 0 aliphatic carbocycles. The maximum atomic E-state index is 13.7. The molecule has 206 valence electrons. The van der Waals surface area contributed by atoms with Gasteiger partial charge in [-0.05, 0) is 66.3 Å². The van der Waals surface area contributed by atoms with Crippen molar-refractivity contribution in [1.29, 1.82) is 0 Å². The van der Waals surface area contributed by atoms with Crippen LogP contribution in [-0.2, 0) is 20.8 Å². The van der Waals surface area contributed by atoms with Crippen LogP contribution in [0.25, 0.3) is 5.57 Å². The Morgan fingerprint density at radius 1 is 1.11 bits per heavy atom. The molecule has 0 aromatic heterocycles. The van der Waals surface area contributed by atoms with E-state index in [9.17, 15) is 18.4 Å². The number of alkyl halides is 2. The van der Waals surface area contributed by atoms with Crippen LogP contribution in [0.5, 0.6) is 11.5 Å². The number of benzene rings is 2. The van der Waals surface area contributed by atoms with Crippen molar-refractivity contribution in [1.82, 2.24) is 5.32 Å². The minimum atomic E-state index is -2.82. The van der Waals surface area contributed by atoms with Crippen molar-refractivity contribution in [2.24, 2.45) is 5.16 Å². The van der Waals surface area contributed by atoms with Crippen molar-refractivity contribution in [3.63, 3.8) is 0 Å². The lowest BCUT2D eigenvalue weighted by molar-refractivity contribution is -0.112. The quantitative estimate of drug-likeness (QED) is 0.0626. The summed E-state index contributed by atoms with van der Waals surface area (Å²) in [7, 11) is 4.40. The van der Waals surface area contributed by atoms with Gasteiger partial charge < -0.3 is 24.9 Å². The van der Waals surface area contributed by atoms with E-state index in [0.717, 1.165) is 11.1 Å². The molecule has 0 spiro atoms. The van der Waals surface area contributed by atoms with Crippen molar-refractivity contribution in [3.8, 4) is 11.5 Å². The summed E-state index contributed by atoms with van der Waals surface area (Å²) in [4.78, 5) is 29.9. The third-order valence-electron chi connectivity index (χ3n) is 5.56. The van der Waals surface area contributed by atoms with Crippen molar-refractivity contribution < 1.29 is 32.7 Å². The first-order valence-corrected chi connectivity index (χ1v) is 12.7. The van der Waals surface area contributed by atoms with E-state index in [1.165, 1.54) is 16.3 Å². The number of rotatable bonds is 14. The van der Waals surface area contributed by atoms with E-state index in [1.807, 2.05) is 26.0 Å². The molecule has 0 saturated heterocycles. The number of oxime groups is 1. The minimum Gasteiger partial charge on any atom is -0.497 e. The second-order valence-corrected chi connectivity index (χ2v) is 9.00. The Labute approximate surface area is 224 Å². The molecule has 11 heteroatoms. The lowest BCUT2D eigenvalue weighted by Crippen LogP contribution is -2.32. The molecule has 0 aliphatic heterocycles. The Hall–Kier alpha value is -3.52. The summed E-state index contributed by atoms with van der Waals surface area (Å²) in [6.45, 7) is 3.94. The predicted molar refractivity (Wildman–Crippen MR) is 148 cm³/mol. The van der Waals surface area contributed by atoms with Gasteiger partial charge in [0.05, 0.1) is 19.3 Å². The van der Waals surface area contributed by atoms with E-state index in [1.54, 1.807) is 37.4 Å². The van der Waals surface area contributed by atoms with Crippen LogP contribution in [0.1, 0.15) is 44.2 Å². The number of hydrogen-bond donors (Lipinski definition) is 2. The number of aryl methyl sites for hydroxylation is 1. The van der Waals surface area contributed by atoms with Crippen LogP contribution in [0.4, 0.5) is 14.5 Å². The predicted octanol–water partition coefficient (Wildman–Crippen LogP) is 5.39. The maximum Gasteiger partial charge on any atom is 0.259 e. The van der Waals surface area contributed by atoms with Gasteiger partial charge in [0.2, 0.25) is 6.41 Å². The SMILES string of the molecule is CC/C(=C(C(=O)Nc1ccc(OCCCC(F)(F)P)cc1CC)/C(=N/OC)NC=O)c1ccc(OC)cc1. The third-order valence-corrected chi connectivity index (χ3v) is 5.85. The molecule has 2 N–H and O–H groups in total. The van der Waals surface area contributed by atoms with E-state index < -0.39 is 11.6 Å². The summed E-state index contributed by atoms with van der Waals surface area (Å²) in [5.41, 5.74) is -0.00370. The number of nitrogens with zero attached hydrogens (tertiary/aromatic N) is 1. The summed E-state index contributed by atoms with van der Waals surface area (Å²) < 4.78 is 36.9. The van der Waals surface area contributed by atoms with Crippen LogP contribution >= 0.6 is 9.24 Å². The topological polar surface area (TPSA) is 98.3 Å². The van der Waals surface area contributed by atoms with Gasteiger partial charge in [-0.3, -0.25) is 9.59 Å². The highest BCUT2D eigenvalue weighted by molar-refractivity contribution is 7.18. The Balaban J connectivity index is 2.41. The number of hydrogen-bond acceptors (Lipinski definition) is 6. The molecule has 0 bridgehead atoms. The first-order valence-electron chi connectivity index (χ1n) is 12.1. The van der Waals surface area contributed by atoms with Crippen LogP contribution in [-0.4, -0.2) is 44.6 Å². The van der Waals surface area contributed by atoms with E-state index >= 15 is 0 Å². The molecular weight excluding hydrogens is 515 g/mol. The number of amides is 2. The molecule has 38 heavy (non-hydrogen) atoms. The largest absolute Gasteiger partial charge is 0.497 e. The van der Waals surface area contributed by atoms with Crippen molar-refractivity contribution in [2.45, 2.75) is 45.2 Å². The average molecular weight is 550 g/mol. The second-order valence-electron chi connectivity index (χ2n) is 8.16. The minimum absolute atomic E-state index is 0.0449. The van der Waals surface area contributed by atoms with Gasteiger partial charge in [-0.15, -0.1) is 0 Å². The third kappa shape index (κ3) is 9.10. The number of halogens is 2. The Morgan fingerprint density at radius 2 is 1.79 bits per heavy atom. The molecule has 0 radical (unpaired) electrons. The first kappa shape index (κ1) is 30.7. The van der Waals surface area contributed by atoms with E-state index in [2.05, 4.69) is 15.8 Å². The summed E-state index contributed by atoms with van der Waals surface area (Å²) in [5.74, 6) is 0.619. The fraction of sp³-hybridized carbons (Fsp3) is 0.370. The normalized spacial score (nSPS) is 12.3. The molecular formula is C27H34F2N3O5P. The van der Waals surface area contributed by atoms with Crippen LogP contribution in [0.2, 0.25) is 0 Å². The number of nitrogens with one attached hydrogen (secondary N) is 2. The highest BCUT2D eigenvalue weighted by Crippen LogP contribution is 2.29. The molecule has 1 atom stereocenters. The average Bonchev–Trinajstić information content (AvgIpc) is 2.89. The summed E-state index contributed by atoms with van der Waals surface area (Å²) in [6, 6.07) is 12.3. The number of anilines is 1. The molecule has 0 fully saturated rings. The summed E-state index contributed by atoms with van der Waals surface area (Å²) >= 11 is 0. The smallest absolute Gasteiger partial charge is 0.259 e. The Morgan fingerprint density at radius 3 is 2.34 bits per heavy atom. The maximum absolute atomic E-state index is 13.7. The molecule has 8 nitrogen and oxygen atoms in total.